The van der Waals surface area contributed by atoms with Gasteiger partial charge in [-0.1, -0.05) is 24.6 Å². The van der Waals surface area contributed by atoms with Crippen molar-refractivity contribution in [2.45, 2.75) is 26.8 Å². The molecule has 0 aliphatic rings. The van der Waals surface area contributed by atoms with Crippen molar-refractivity contribution in [1.29, 1.82) is 0 Å². The Morgan fingerprint density at radius 3 is 2.40 bits per heavy atom. The molecule has 0 heterocycles. The quantitative estimate of drug-likeness (QED) is 0.761. The van der Waals surface area contributed by atoms with Crippen LogP contribution in [0, 0.1) is 6.92 Å². The van der Waals surface area contributed by atoms with E-state index in [0.29, 0.717) is 5.02 Å². The Kier molecular flexibility index (Phi) is 5.45. The van der Waals surface area contributed by atoms with Gasteiger partial charge in [0.2, 0.25) is 0 Å². The first-order chi connectivity index (χ1) is 9.69. The van der Waals surface area contributed by atoms with Crippen molar-refractivity contribution in [3.63, 3.8) is 0 Å². The molecule has 0 spiro atoms. The molecule has 3 heteroatoms. The van der Waals surface area contributed by atoms with E-state index in [1.807, 2.05) is 30.3 Å². The van der Waals surface area contributed by atoms with Crippen LogP contribution in [0.3, 0.4) is 0 Å². The first-order valence-electron chi connectivity index (χ1n) is 6.92. The summed E-state index contributed by atoms with van der Waals surface area (Å²) in [5.74, 6) is 1.65. The smallest absolute Gasteiger partial charge is 0.127 e. The molecule has 0 radical (unpaired) electrons. The minimum atomic E-state index is 0.714. The highest BCUT2D eigenvalue weighted by atomic mass is 35.5. The molecule has 0 atom stereocenters. The van der Waals surface area contributed by atoms with Crippen LogP contribution in [0.2, 0.25) is 5.02 Å². The Labute approximate surface area is 125 Å². The summed E-state index contributed by atoms with van der Waals surface area (Å²) in [6.45, 7) is 6.23. The fourth-order valence-electron chi connectivity index (χ4n) is 1.97. The van der Waals surface area contributed by atoms with Crippen LogP contribution in [0.4, 0.5) is 0 Å². The summed E-state index contributed by atoms with van der Waals surface area (Å²) in [6, 6.07) is 13.6. The van der Waals surface area contributed by atoms with Crippen LogP contribution in [0.1, 0.15) is 24.5 Å². The third kappa shape index (κ3) is 4.26. The van der Waals surface area contributed by atoms with Gasteiger partial charge < -0.3 is 10.1 Å². The van der Waals surface area contributed by atoms with Gasteiger partial charge in [0.25, 0.3) is 0 Å². The number of nitrogens with one attached hydrogen (secondary N) is 1. The Morgan fingerprint density at radius 2 is 1.75 bits per heavy atom. The summed E-state index contributed by atoms with van der Waals surface area (Å²) in [6.07, 6.45) is 1.15. The average molecular weight is 290 g/mol. The van der Waals surface area contributed by atoms with Crippen LogP contribution in [0.15, 0.2) is 42.5 Å². The fraction of sp³-hybridized carbons (Fsp3) is 0.294. The number of halogens is 1. The minimum Gasteiger partial charge on any atom is -0.457 e. The number of aryl methyl sites for hydroxylation is 1. The third-order valence-electron chi connectivity index (χ3n) is 3.11. The lowest BCUT2D eigenvalue weighted by atomic mass is 10.1. The number of ether oxygens (including phenoxy) is 1. The lowest BCUT2D eigenvalue weighted by Gasteiger charge is -2.10. The van der Waals surface area contributed by atoms with Crippen molar-refractivity contribution < 1.29 is 4.74 Å². The Bertz CT molecular complexity index is 551. The molecule has 2 aromatic carbocycles. The SMILES string of the molecule is CCCNCc1ccc(Oc2ccc(Cl)cc2)cc1C. The minimum absolute atomic E-state index is 0.714. The molecule has 0 unspecified atom stereocenters. The Morgan fingerprint density at radius 1 is 1.05 bits per heavy atom. The lowest BCUT2D eigenvalue weighted by Crippen LogP contribution is -2.14. The molecule has 0 saturated carbocycles. The van der Waals surface area contributed by atoms with Gasteiger partial charge in [-0.2, -0.15) is 0 Å². The molecular weight excluding hydrogens is 270 g/mol. The van der Waals surface area contributed by atoms with E-state index in [2.05, 4.69) is 31.3 Å². The standard InChI is InChI=1S/C17H20ClNO/c1-3-10-19-12-14-4-7-17(11-13(14)2)20-16-8-5-15(18)6-9-16/h4-9,11,19H,3,10,12H2,1-2H3. The summed E-state index contributed by atoms with van der Waals surface area (Å²) >= 11 is 5.86. The predicted molar refractivity (Wildman–Crippen MR) is 84.7 cm³/mol. The van der Waals surface area contributed by atoms with E-state index < -0.39 is 0 Å². The molecular formula is C17H20ClNO. The highest BCUT2D eigenvalue weighted by molar-refractivity contribution is 6.30. The van der Waals surface area contributed by atoms with Crippen molar-refractivity contribution in [3.8, 4) is 11.5 Å². The number of hydrogen-bond acceptors (Lipinski definition) is 2. The maximum Gasteiger partial charge on any atom is 0.127 e. The molecule has 2 rings (SSSR count). The number of hydrogen-bond donors (Lipinski definition) is 1. The van der Waals surface area contributed by atoms with Gasteiger partial charge in [-0.05, 0) is 67.4 Å². The molecule has 20 heavy (non-hydrogen) atoms. The predicted octanol–water partition coefficient (Wildman–Crippen LogP) is 4.94. The van der Waals surface area contributed by atoms with Crippen molar-refractivity contribution in [3.05, 3.63) is 58.6 Å². The molecule has 0 bridgehead atoms. The van der Waals surface area contributed by atoms with Crippen LogP contribution in [-0.4, -0.2) is 6.54 Å². The van der Waals surface area contributed by atoms with Gasteiger partial charge in [-0.25, -0.2) is 0 Å². The van der Waals surface area contributed by atoms with Gasteiger partial charge in [0.15, 0.2) is 0 Å². The van der Waals surface area contributed by atoms with Crippen LogP contribution in [0.5, 0.6) is 11.5 Å². The van der Waals surface area contributed by atoms with E-state index >= 15 is 0 Å². The highest BCUT2D eigenvalue weighted by Crippen LogP contribution is 2.25. The van der Waals surface area contributed by atoms with Crippen molar-refractivity contribution in [1.82, 2.24) is 5.32 Å². The average Bonchev–Trinajstić information content (AvgIpc) is 2.44. The van der Waals surface area contributed by atoms with E-state index in [1.165, 1.54) is 11.1 Å². The Hall–Kier alpha value is -1.51. The normalized spacial score (nSPS) is 10.6. The maximum atomic E-state index is 5.86. The zero-order chi connectivity index (χ0) is 14.4. The van der Waals surface area contributed by atoms with Gasteiger partial charge >= 0.3 is 0 Å². The topological polar surface area (TPSA) is 21.3 Å². The molecule has 0 aliphatic heterocycles. The van der Waals surface area contributed by atoms with E-state index in [0.717, 1.165) is 31.0 Å². The summed E-state index contributed by atoms with van der Waals surface area (Å²) < 4.78 is 5.82. The second-order valence-electron chi connectivity index (χ2n) is 4.82. The Balaban J connectivity index is 2.03. The molecule has 106 valence electrons. The van der Waals surface area contributed by atoms with Crippen LogP contribution >= 0.6 is 11.6 Å². The largest absolute Gasteiger partial charge is 0.457 e. The molecule has 0 amide bonds. The molecule has 1 N–H and O–H groups in total. The molecule has 0 aromatic heterocycles. The number of rotatable bonds is 6. The summed E-state index contributed by atoms with van der Waals surface area (Å²) in [7, 11) is 0. The van der Waals surface area contributed by atoms with E-state index in [4.69, 9.17) is 16.3 Å². The van der Waals surface area contributed by atoms with Gasteiger partial charge in [-0.15, -0.1) is 0 Å². The zero-order valence-corrected chi connectivity index (χ0v) is 12.7. The monoisotopic (exact) mass is 289 g/mol. The van der Waals surface area contributed by atoms with Gasteiger partial charge in [0.1, 0.15) is 11.5 Å². The molecule has 2 aromatic rings. The summed E-state index contributed by atoms with van der Waals surface area (Å²) in [5, 5.41) is 4.13. The molecule has 0 aliphatic carbocycles. The zero-order valence-electron chi connectivity index (χ0n) is 11.9. The molecule has 2 nitrogen and oxygen atoms in total. The van der Waals surface area contributed by atoms with E-state index in [1.54, 1.807) is 0 Å². The fourth-order valence-corrected chi connectivity index (χ4v) is 2.09. The van der Waals surface area contributed by atoms with E-state index in [-0.39, 0.29) is 0 Å². The van der Waals surface area contributed by atoms with Gasteiger partial charge in [-0.3, -0.25) is 0 Å². The van der Waals surface area contributed by atoms with Crippen molar-refractivity contribution >= 4 is 11.6 Å². The first kappa shape index (κ1) is 14.9. The van der Waals surface area contributed by atoms with Gasteiger partial charge in [0, 0.05) is 11.6 Å². The van der Waals surface area contributed by atoms with Crippen LogP contribution in [0.25, 0.3) is 0 Å². The molecule has 0 saturated heterocycles. The van der Waals surface area contributed by atoms with E-state index in [9.17, 15) is 0 Å². The number of benzene rings is 2. The first-order valence-corrected chi connectivity index (χ1v) is 7.30. The second-order valence-corrected chi connectivity index (χ2v) is 5.26. The van der Waals surface area contributed by atoms with Crippen molar-refractivity contribution in [2.75, 3.05) is 6.54 Å². The summed E-state index contributed by atoms with van der Waals surface area (Å²) in [5.41, 5.74) is 2.54. The summed E-state index contributed by atoms with van der Waals surface area (Å²) in [4.78, 5) is 0. The maximum absolute atomic E-state index is 5.86. The van der Waals surface area contributed by atoms with Crippen LogP contribution in [-0.2, 0) is 6.54 Å². The van der Waals surface area contributed by atoms with Crippen LogP contribution < -0.4 is 10.1 Å². The second kappa shape index (κ2) is 7.32. The van der Waals surface area contributed by atoms with Crippen molar-refractivity contribution in [2.24, 2.45) is 0 Å². The molecule has 0 fully saturated rings. The van der Waals surface area contributed by atoms with Gasteiger partial charge in [0.05, 0.1) is 0 Å². The lowest BCUT2D eigenvalue weighted by molar-refractivity contribution is 0.482. The highest BCUT2D eigenvalue weighted by Gasteiger charge is 2.02. The third-order valence-corrected chi connectivity index (χ3v) is 3.36.